The van der Waals surface area contributed by atoms with E-state index < -0.39 is 11.2 Å². The van der Waals surface area contributed by atoms with Crippen LogP contribution in [0.4, 0.5) is 18.3 Å². The Morgan fingerprint density at radius 3 is 2.40 bits per heavy atom. The number of anilines is 1. The zero-order chi connectivity index (χ0) is 14.6. The van der Waals surface area contributed by atoms with Crippen molar-refractivity contribution >= 4 is 28.1 Å². The molecular weight excluding hydrogens is 311 g/mol. The fourth-order valence-corrected chi connectivity index (χ4v) is 2.55. The quantitative estimate of drug-likeness (QED) is 0.784. The van der Waals surface area contributed by atoms with E-state index in [9.17, 15) is 13.2 Å². The molecule has 0 aliphatic rings. The summed E-state index contributed by atoms with van der Waals surface area (Å²) in [6.07, 6.45) is -4.46. The van der Waals surface area contributed by atoms with Crippen molar-refractivity contribution in [3.05, 3.63) is 40.9 Å². The largest absolute Gasteiger partial charge is 0.445 e. The molecule has 1 aromatic heterocycles. The molecule has 2 rings (SSSR count). The molecular formula is C12H11ClF3N3S. The first-order chi connectivity index (χ1) is 9.50. The Bertz CT molecular complexity index is 544. The molecule has 1 heterocycles. The van der Waals surface area contributed by atoms with Crippen LogP contribution in [-0.4, -0.2) is 22.6 Å². The van der Waals surface area contributed by atoms with Gasteiger partial charge in [0.1, 0.15) is 0 Å². The second kappa shape index (κ2) is 6.41. The molecule has 0 aliphatic heterocycles. The lowest BCUT2D eigenvalue weighted by Crippen LogP contribution is -2.24. The molecule has 0 unspecified atom stereocenters. The SMILES string of the molecule is FC(F)(F)c1nnc(N(CCCl)Cc2ccccc2)s1. The average molecular weight is 322 g/mol. The third-order valence-corrected chi connectivity index (χ3v) is 3.70. The van der Waals surface area contributed by atoms with Gasteiger partial charge in [-0.15, -0.1) is 21.8 Å². The molecule has 1 aromatic carbocycles. The zero-order valence-corrected chi connectivity index (χ0v) is 11.8. The lowest BCUT2D eigenvalue weighted by atomic mass is 10.2. The first kappa shape index (κ1) is 15.1. The Labute approximate surface area is 123 Å². The van der Waals surface area contributed by atoms with Crippen LogP contribution in [0.25, 0.3) is 0 Å². The molecule has 3 nitrogen and oxygen atoms in total. The summed E-state index contributed by atoms with van der Waals surface area (Å²) in [5.41, 5.74) is 0.973. The lowest BCUT2D eigenvalue weighted by Gasteiger charge is -2.20. The number of alkyl halides is 4. The van der Waals surface area contributed by atoms with E-state index in [4.69, 9.17) is 11.6 Å². The molecule has 0 N–H and O–H groups in total. The Hall–Kier alpha value is -1.34. The van der Waals surface area contributed by atoms with E-state index >= 15 is 0 Å². The number of aromatic nitrogens is 2. The predicted molar refractivity (Wildman–Crippen MR) is 73.1 cm³/mol. The molecule has 0 saturated heterocycles. The van der Waals surface area contributed by atoms with Crippen molar-refractivity contribution in [2.45, 2.75) is 12.7 Å². The number of hydrogen-bond donors (Lipinski definition) is 0. The van der Waals surface area contributed by atoms with E-state index in [1.54, 1.807) is 4.90 Å². The molecule has 20 heavy (non-hydrogen) atoms. The van der Waals surface area contributed by atoms with Crippen molar-refractivity contribution in [2.75, 3.05) is 17.3 Å². The maximum Gasteiger partial charge on any atom is 0.445 e. The highest BCUT2D eigenvalue weighted by Gasteiger charge is 2.36. The van der Waals surface area contributed by atoms with Crippen LogP contribution < -0.4 is 4.90 Å². The third-order valence-electron chi connectivity index (χ3n) is 2.50. The number of benzene rings is 1. The molecule has 0 amide bonds. The van der Waals surface area contributed by atoms with Crippen LogP contribution in [0.15, 0.2) is 30.3 Å². The summed E-state index contributed by atoms with van der Waals surface area (Å²) >= 11 is 6.23. The van der Waals surface area contributed by atoms with Gasteiger partial charge in [0.05, 0.1) is 0 Å². The standard InChI is InChI=1S/C12H11ClF3N3S/c13-6-7-19(8-9-4-2-1-3-5-9)11-18-17-10(20-11)12(14,15)16/h1-5H,6-8H2. The van der Waals surface area contributed by atoms with Gasteiger partial charge in [-0.05, 0) is 5.56 Å². The van der Waals surface area contributed by atoms with Gasteiger partial charge in [0.15, 0.2) is 0 Å². The molecule has 2 aromatic rings. The fraction of sp³-hybridized carbons (Fsp3) is 0.333. The van der Waals surface area contributed by atoms with Crippen molar-refractivity contribution in [2.24, 2.45) is 0 Å². The van der Waals surface area contributed by atoms with Gasteiger partial charge in [-0.1, -0.05) is 41.7 Å². The smallest absolute Gasteiger partial charge is 0.341 e. The van der Waals surface area contributed by atoms with E-state index in [2.05, 4.69) is 10.2 Å². The summed E-state index contributed by atoms with van der Waals surface area (Å²) < 4.78 is 37.6. The highest BCUT2D eigenvalue weighted by atomic mass is 35.5. The van der Waals surface area contributed by atoms with Crippen LogP contribution >= 0.6 is 22.9 Å². The molecule has 0 bridgehead atoms. The van der Waals surface area contributed by atoms with Crippen molar-refractivity contribution in [1.82, 2.24) is 10.2 Å². The Kier molecular flexibility index (Phi) is 4.82. The van der Waals surface area contributed by atoms with Crippen LogP contribution in [0.3, 0.4) is 0 Å². The Morgan fingerprint density at radius 1 is 1.15 bits per heavy atom. The number of halogens is 4. The maximum absolute atomic E-state index is 12.5. The van der Waals surface area contributed by atoms with Crippen LogP contribution in [-0.2, 0) is 12.7 Å². The van der Waals surface area contributed by atoms with Gasteiger partial charge in [0.25, 0.3) is 0 Å². The topological polar surface area (TPSA) is 29.0 Å². The van der Waals surface area contributed by atoms with Gasteiger partial charge < -0.3 is 4.90 Å². The number of rotatable bonds is 5. The Balaban J connectivity index is 2.18. The molecule has 108 valence electrons. The average Bonchev–Trinajstić information content (AvgIpc) is 2.89. The van der Waals surface area contributed by atoms with Gasteiger partial charge in [0, 0.05) is 19.0 Å². The third kappa shape index (κ3) is 3.83. The summed E-state index contributed by atoms with van der Waals surface area (Å²) in [4.78, 5) is 1.69. The van der Waals surface area contributed by atoms with Crippen molar-refractivity contribution < 1.29 is 13.2 Å². The van der Waals surface area contributed by atoms with Crippen LogP contribution in [0, 0.1) is 0 Å². The monoisotopic (exact) mass is 321 g/mol. The van der Waals surface area contributed by atoms with Crippen LogP contribution in [0.1, 0.15) is 10.6 Å². The van der Waals surface area contributed by atoms with E-state index in [-0.39, 0.29) is 5.13 Å². The predicted octanol–water partition coefficient (Wildman–Crippen LogP) is 3.80. The van der Waals surface area contributed by atoms with Crippen molar-refractivity contribution in [3.63, 3.8) is 0 Å². The van der Waals surface area contributed by atoms with Crippen LogP contribution in [0.5, 0.6) is 0 Å². The lowest BCUT2D eigenvalue weighted by molar-refractivity contribution is -0.138. The highest BCUT2D eigenvalue weighted by molar-refractivity contribution is 7.15. The second-order valence-electron chi connectivity index (χ2n) is 3.98. The van der Waals surface area contributed by atoms with Crippen molar-refractivity contribution in [3.8, 4) is 0 Å². The van der Waals surface area contributed by atoms with Gasteiger partial charge in [0.2, 0.25) is 10.1 Å². The fourth-order valence-electron chi connectivity index (χ4n) is 1.61. The van der Waals surface area contributed by atoms with E-state index in [1.165, 1.54) is 0 Å². The molecule has 0 spiro atoms. The maximum atomic E-state index is 12.5. The Morgan fingerprint density at radius 2 is 1.85 bits per heavy atom. The van der Waals surface area contributed by atoms with Crippen molar-refractivity contribution in [1.29, 1.82) is 0 Å². The van der Waals surface area contributed by atoms with E-state index in [1.807, 2.05) is 30.3 Å². The first-order valence-corrected chi connectivity index (χ1v) is 7.11. The molecule has 0 radical (unpaired) electrons. The summed E-state index contributed by atoms with van der Waals surface area (Å²) in [6.45, 7) is 0.850. The first-order valence-electron chi connectivity index (χ1n) is 5.76. The van der Waals surface area contributed by atoms with Gasteiger partial charge >= 0.3 is 6.18 Å². The minimum Gasteiger partial charge on any atom is -0.341 e. The highest BCUT2D eigenvalue weighted by Crippen LogP contribution is 2.34. The van der Waals surface area contributed by atoms with Gasteiger partial charge in [-0.3, -0.25) is 0 Å². The van der Waals surface area contributed by atoms with Gasteiger partial charge in [-0.25, -0.2) is 0 Å². The van der Waals surface area contributed by atoms with E-state index in [0.29, 0.717) is 30.3 Å². The molecule has 0 fully saturated rings. The summed E-state index contributed by atoms with van der Waals surface area (Å²) in [5.74, 6) is 0.299. The summed E-state index contributed by atoms with van der Waals surface area (Å²) in [6, 6.07) is 9.41. The summed E-state index contributed by atoms with van der Waals surface area (Å²) in [5, 5.41) is 6.08. The normalized spacial score (nSPS) is 11.6. The molecule has 0 atom stereocenters. The number of nitrogens with zero attached hydrogens (tertiary/aromatic N) is 3. The molecule has 8 heteroatoms. The van der Waals surface area contributed by atoms with E-state index in [0.717, 1.165) is 5.56 Å². The zero-order valence-electron chi connectivity index (χ0n) is 10.3. The summed E-state index contributed by atoms with van der Waals surface area (Å²) in [7, 11) is 0. The van der Waals surface area contributed by atoms with Gasteiger partial charge in [-0.2, -0.15) is 13.2 Å². The number of hydrogen-bond acceptors (Lipinski definition) is 4. The second-order valence-corrected chi connectivity index (χ2v) is 5.32. The molecule has 0 saturated carbocycles. The minimum atomic E-state index is -4.46. The van der Waals surface area contributed by atoms with Crippen LogP contribution in [0.2, 0.25) is 0 Å². The molecule has 0 aliphatic carbocycles. The minimum absolute atomic E-state index is 0.224.